The summed E-state index contributed by atoms with van der Waals surface area (Å²) in [5, 5.41) is 2.19. The first-order valence-corrected chi connectivity index (χ1v) is 13.1. The Bertz CT molecular complexity index is 1530. The van der Waals surface area contributed by atoms with E-state index < -0.39 is 87.2 Å². The number of alkyl halides is 7. The number of carbonyl (C=O) groups is 1. The Kier molecular flexibility index (Phi) is 8.05. The number of nitrogens with one attached hydrogen (secondary N) is 1. The van der Waals surface area contributed by atoms with Crippen LogP contribution >= 0.6 is 0 Å². The van der Waals surface area contributed by atoms with Gasteiger partial charge in [-0.25, -0.2) is 27.2 Å². The van der Waals surface area contributed by atoms with E-state index >= 15 is 0 Å². The number of benzene rings is 1. The van der Waals surface area contributed by atoms with E-state index in [0.717, 1.165) is 30.3 Å². The van der Waals surface area contributed by atoms with Gasteiger partial charge in [0.1, 0.15) is 18.0 Å². The van der Waals surface area contributed by atoms with Gasteiger partial charge in [-0.1, -0.05) is 0 Å². The third-order valence-electron chi connectivity index (χ3n) is 6.32. The fourth-order valence-electron chi connectivity index (χ4n) is 4.26. The lowest BCUT2D eigenvalue weighted by Crippen LogP contribution is -2.48. The highest BCUT2D eigenvalue weighted by molar-refractivity contribution is 7.89. The van der Waals surface area contributed by atoms with Crippen LogP contribution in [0, 0.1) is 5.82 Å². The number of nitrogens with zero attached hydrogens (tertiary/aromatic N) is 4. The van der Waals surface area contributed by atoms with Crippen molar-refractivity contribution in [2.24, 2.45) is 0 Å². The van der Waals surface area contributed by atoms with Gasteiger partial charge in [0.05, 0.1) is 22.2 Å². The SMILES string of the molecule is C[C@H]1[C@H](F)C[C@@H](C(=O)NCc2cc(-c3cnc(C(F)(F)F)nc3)ncc2C(F)(F)F)N1S(=O)(=O)c1ccc(F)cc1. The summed E-state index contributed by atoms with van der Waals surface area (Å²) in [5.74, 6) is -3.32. The van der Waals surface area contributed by atoms with E-state index in [9.17, 15) is 48.3 Å². The molecule has 220 valence electrons. The maximum absolute atomic E-state index is 14.6. The van der Waals surface area contributed by atoms with Crippen LogP contribution in [0.2, 0.25) is 0 Å². The van der Waals surface area contributed by atoms with Crippen molar-refractivity contribution in [2.45, 2.75) is 55.4 Å². The van der Waals surface area contributed by atoms with Gasteiger partial charge in [0.25, 0.3) is 0 Å². The molecule has 1 N–H and O–H groups in total. The molecule has 0 aliphatic carbocycles. The lowest BCUT2D eigenvalue weighted by Gasteiger charge is -2.27. The summed E-state index contributed by atoms with van der Waals surface area (Å²) >= 11 is 0. The average molecular weight is 609 g/mol. The molecule has 41 heavy (non-hydrogen) atoms. The van der Waals surface area contributed by atoms with E-state index in [2.05, 4.69) is 20.3 Å². The van der Waals surface area contributed by atoms with E-state index in [4.69, 9.17) is 0 Å². The molecular weight excluding hydrogens is 590 g/mol. The summed E-state index contributed by atoms with van der Waals surface area (Å²) in [4.78, 5) is 22.5. The van der Waals surface area contributed by atoms with Gasteiger partial charge in [-0.3, -0.25) is 9.78 Å². The Labute approximate surface area is 227 Å². The molecule has 1 fully saturated rings. The van der Waals surface area contributed by atoms with Gasteiger partial charge in [-0.2, -0.15) is 30.6 Å². The smallest absolute Gasteiger partial charge is 0.351 e. The standard InChI is InChI=1S/C24H19F8N5O3S/c1-12-18(26)7-20(37(12)41(39,40)16-4-2-15(25)3-5-16)21(38)34-8-13-6-19(33-11-17(13)23(27,28)29)14-9-35-22(36-10-14)24(30,31)32/h2-6,9-12,18,20H,7-8H2,1H3,(H,34,38)/t12-,18+,20-/m0/s1. The summed E-state index contributed by atoms with van der Waals surface area (Å²) in [7, 11) is -4.52. The predicted molar refractivity (Wildman–Crippen MR) is 125 cm³/mol. The molecule has 2 aromatic heterocycles. The fraction of sp³-hybridized carbons (Fsp3) is 0.333. The largest absolute Gasteiger partial charge is 0.451 e. The lowest BCUT2D eigenvalue weighted by atomic mass is 10.1. The molecule has 3 aromatic rings. The third kappa shape index (κ3) is 6.29. The maximum atomic E-state index is 14.6. The van der Waals surface area contributed by atoms with Gasteiger partial charge < -0.3 is 5.32 Å². The predicted octanol–water partition coefficient (Wildman–Crippen LogP) is 4.52. The number of rotatable bonds is 6. The second-order valence-electron chi connectivity index (χ2n) is 9.03. The number of hydrogen-bond acceptors (Lipinski definition) is 6. The van der Waals surface area contributed by atoms with Crippen molar-refractivity contribution in [3.8, 4) is 11.3 Å². The maximum Gasteiger partial charge on any atom is 0.451 e. The molecule has 8 nitrogen and oxygen atoms in total. The zero-order chi connectivity index (χ0) is 30.3. The molecular formula is C24H19F8N5O3S. The monoisotopic (exact) mass is 609 g/mol. The zero-order valence-corrected chi connectivity index (χ0v) is 21.5. The molecule has 1 aliphatic heterocycles. The molecule has 0 radical (unpaired) electrons. The zero-order valence-electron chi connectivity index (χ0n) is 20.7. The van der Waals surface area contributed by atoms with E-state index in [1.807, 2.05) is 0 Å². The Morgan fingerprint density at radius 3 is 2.17 bits per heavy atom. The van der Waals surface area contributed by atoms with Gasteiger partial charge in [0.2, 0.25) is 21.8 Å². The molecule has 1 aliphatic rings. The summed E-state index contributed by atoms with van der Waals surface area (Å²) < 4.78 is 134. The summed E-state index contributed by atoms with van der Waals surface area (Å²) in [6.07, 6.45) is -10.3. The van der Waals surface area contributed by atoms with E-state index in [0.29, 0.717) is 22.9 Å². The Morgan fingerprint density at radius 2 is 1.61 bits per heavy atom. The quantitative estimate of drug-likeness (QED) is 0.413. The van der Waals surface area contributed by atoms with Gasteiger partial charge >= 0.3 is 12.4 Å². The summed E-state index contributed by atoms with van der Waals surface area (Å²) in [6.45, 7) is 0.388. The minimum atomic E-state index is -4.95. The number of sulfonamides is 1. The summed E-state index contributed by atoms with van der Waals surface area (Å²) in [5.41, 5.74) is -2.24. The van der Waals surface area contributed by atoms with Crippen LogP contribution in [0.25, 0.3) is 11.3 Å². The molecule has 3 heterocycles. The Hall–Kier alpha value is -3.73. The highest BCUT2D eigenvalue weighted by atomic mass is 32.2. The van der Waals surface area contributed by atoms with Crippen LogP contribution in [0.1, 0.15) is 30.3 Å². The van der Waals surface area contributed by atoms with Crippen LogP contribution < -0.4 is 5.32 Å². The van der Waals surface area contributed by atoms with Gasteiger partial charge in [0.15, 0.2) is 0 Å². The van der Waals surface area contributed by atoms with E-state index in [1.165, 1.54) is 6.92 Å². The number of halogens is 8. The Balaban J connectivity index is 1.61. The van der Waals surface area contributed by atoms with Crippen molar-refractivity contribution in [1.82, 2.24) is 24.6 Å². The molecule has 3 atom stereocenters. The number of aromatic nitrogens is 3. The van der Waals surface area contributed by atoms with Crippen molar-refractivity contribution < 1.29 is 48.3 Å². The van der Waals surface area contributed by atoms with Crippen molar-refractivity contribution in [3.05, 3.63) is 71.7 Å². The molecule has 0 unspecified atom stereocenters. The van der Waals surface area contributed by atoms with E-state index in [1.54, 1.807) is 0 Å². The first-order chi connectivity index (χ1) is 19.0. The number of amides is 1. The normalized spacial score (nSPS) is 20.3. The van der Waals surface area contributed by atoms with Crippen molar-refractivity contribution in [2.75, 3.05) is 0 Å². The van der Waals surface area contributed by atoms with Crippen LogP contribution in [0.4, 0.5) is 35.1 Å². The highest BCUT2D eigenvalue weighted by Crippen LogP contribution is 2.35. The van der Waals surface area contributed by atoms with Crippen LogP contribution in [-0.4, -0.2) is 51.8 Å². The number of pyridine rings is 1. The Morgan fingerprint density at radius 1 is 1.00 bits per heavy atom. The highest BCUT2D eigenvalue weighted by Gasteiger charge is 2.49. The van der Waals surface area contributed by atoms with Crippen molar-refractivity contribution >= 4 is 15.9 Å². The third-order valence-corrected chi connectivity index (χ3v) is 8.33. The van der Waals surface area contributed by atoms with Crippen LogP contribution in [0.15, 0.2) is 53.8 Å². The molecule has 0 saturated carbocycles. The first kappa shape index (κ1) is 30.2. The second kappa shape index (κ2) is 10.9. The topological polar surface area (TPSA) is 105 Å². The molecule has 0 bridgehead atoms. The van der Waals surface area contributed by atoms with Crippen molar-refractivity contribution in [3.63, 3.8) is 0 Å². The first-order valence-electron chi connectivity index (χ1n) is 11.7. The van der Waals surface area contributed by atoms with Crippen LogP contribution in [0.3, 0.4) is 0 Å². The second-order valence-corrected chi connectivity index (χ2v) is 10.9. The molecule has 4 rings (SSSR count). The molecule has 1 saturated heterocycles. The molecule has 17 heteroatoms. The van der Waals surface area contributed by atoms with E-state index in [-0.39, 0.29) is 11.3 Å². The van der Waals surface area contributed by atoms with Crippen LogP contribution in [0.5, 0.6) is 0 Å². The van der Waals surface area contributed by atoms with Gasteiger partial charge in [-0.15, -0.1) is 0 Å². The average Bonchev–Trinajstić information content (AvgIpc) is 3.21. The molecule has 1 amide bonds. The number of carbonyl (C=O) groups excluding carboxylic acids is 1. The van der Waals surface area contributed by atoms with Gasteiger partial charge in [0, 0.05) is 37.1 Å². The number of hydrogen-bond donors (Lipinski definition) is 1. The molecule has 0 spiro atoms. The minimum absolute atomic E-state index is 0.152. The fourth-order valence-corrected chi connectivity index (χ4v) is 6.07. The van der Waals surface area contributed by atoms with Crippen molar-refractivity contribution in [1.29, 1.82) is 0 Å². The van der Waals surface area contributed by atoms with Gasteiger partial charge in [-0.05, 0) is 42.8 Å². The molecule has 1 aromatic carbocycles. The lowest BCUT2D eigenvalue weighted by molar-refractivity contribution is -0.145. The minimum Gasteiger partial charge on any atom is -0.351 e. The van der Waals surface area contributed by atoms with Crippen LogP contribution in [-0.2, 0) is 33.7 Å². The summed E-state index contributed by atoms with van der Waals surface area (Å²) in [6, 6.07) is 1.46.